The molecule has 3 rings (SSSR count). The predicted molar refractivity (Wildman–Crippen MR) is 91.4 cm³/mol. The van der Waals surface area contributed by atoms with Crippen LogP contribution >= 0.6 is 23.4 Å². The normalized spacial score (nSPS) is 13.4. The molecule has 0 saturated carbocycles. The second-order valence-electron chi connectivity index (χ2n) is 5.42. The minimum Gasteiger partial charge on any atom is -0.313 e. The van der Waals surface area contributed by atoms with Crippen LogP contribution in [0.5, 0.6) is 0 Å². The topological polar surface area (TPSA) is 12.0 Å². The fourth-order valence-corrected chi connectivity index (χ4v) is 4.05. The lowest BCUT2D eigenvalue weighted by atomic mass is 10.1. The molecule has 0 aliphatic heterocycles. The van der Waals surface area contributed by atoms with Crippen molar-refractivity contribution >= 4 is 23.4 Å². The maximum absolute atomic E-state index is 6.18. The molecule has 0 fully saturated rings. The lowest BCUT2D eigenvalue weighted by Crippen LogP contribution is -2.12. The fourth-order valence-electron chi connectivity index (χ4n) is 2.77. The maximum Gasteiger partial charge on any atom is 0.0417 e. The number of fused-ring (bicyclic) bond motifs is 1. The molecule has 0 bridgehead atoms. The molecular formula is C18H20ClNS. The SMILES string of the molecule is CCNCc1ccc(Cl)cc1Sc1ccc2c(c1)CCC2. The zero-order valence-corrected chi connectivity index (χ0v) is 13.9. The van der Waals surface area contributed by atoms with Crippen LogP contribution in [0.25, 0.3) is 0 Å². The summed E-state index contributed by atoms with van der Waals surface area (Å²) in [6.45, 7) is 4.00. The summed E-state index contributed by atoms with van der Waals surface area (Å²) < 4.78 is 0. The van der Waals surface area contributed by atoms with E-state index in [1.807, 2.05) is 17.8 Å². The standard InChI is InChI=1S/C18H20ClNS/c1-2-20-12-15-6-8-16(19)11-18(15)21-17-9-7-13-4-3-5-14(13)10-17/h6-11,20H,2-5,12H2,1H3. The molecule has 2 aromatic rings. The highest BCUT2D eigenvalue weighted by Crippen LogP contribution is 2.35. The number of halogens is 1. The van der Waals surface area contributed by atoms with Crippen molar-refractivity contribution in [3.63, 3.8) is 0 Å². The van der Waals surface area contributed by atoms with Crippen molar-refractivity contribution in [2.24, 2.45) is 0 Å². The number of aryl methyl sites for hydroxylation is 2. The summed E-state index contributed by atoms with van der Waals surface area (Å²) in [4.78, 5) is 2.57. The highest BCUT2D eigenvalue weighted by molar-refractivity contribution is 7.99. The average molecular weight is 318 g/mol. The van der Waals surface area contributed by atoms with Gasteiger partial charge >= 0.3 is 0 Å². The molecule has 2 aromatic carbocycles. The summed E-state index contributed by atoms with van der Waals surface area (Å²) in [5, 5.41) is 4.20. The zero-order valence-electron chi connectivity index (χ0n) is 12.3. The van der Waals surface area contributed by atoms with E-state index in [0.717, 1.165) is 18.1 Å². The van der Waals surface area contributed by atoms with Gasteiger partial charge in [0.1, 0.15) is 0 Å². The van der Waals surface area contributed by atoms with Crippen molar-refractivity contribution in [3.05, 3.63) is 58.1 Å². The lowest BCUT2D eigenvalue weighted by Gasteiger charge is -2.11. The van der Waals surface area contributed by atoms with E-state index in [4.69, 9.17) is 11.6 Å². The van der Waals surface area contributed by atoms with Gasteiger partial charge < -0.3 is 5.32 Å². The Hall–Kier alpha value is -0.960. The third kappa shape index (κ3) is 3.63. The molecule has 3 heteroatoms. The Bertz CT molecular complexity index is 639. The number of rotatable bonds is 5. The van der Waals surface area contributed by atoms with Gasteiger partial charge in [0.2, 0.25) is 0 Å². The monoisotopic (exact) mass is 317 g/mol. The summed E-state index contributed by atoms with van der Waals surface area (Å²) in [5.74, 6) is 0. The first-order valence-corrected chi connectivity index (χ1v) is 8.74. The van der Waals surface area contributed by atoms with Crippen LogP contribution in [0.2, 0.25) is 5.02 Å². The fraction of sp³-hybridized carbons (Fsp3) is 0.333. The zero-order chi connectivity index (χ0) is 14.7. The van der Waals surface area contributed by atoms with Crippen LogP contribution in [0, 0.1) is 0 Å². The van der Waals surface area contributed by atoms with Crippen LogP contribution in [-0.4, -0.2) is 6.54 Å². The van der Waals surface area contributed by atoms with Crippen molar-refractivity contribution in [1.82, 2.24) is 5.32 Å². The molecule has 0 amide bonds. The van der Waals surface area contributed by atoms with Crippen molar-refractivity contribution in [1.29, 1.82) is 0 Å². The van der Waals surface area contributed by atoms with Crippen LogP contribution in [0.3, 0.4) is 0 Å². The van der Waals surface area contributed by atoms with Crippen molar-refractivity contribution in [2.45, 2.75) is 42.5 Å². The molecule has 0 atom stereocenters. The first-order chi connectivity index (χ1) is 10.3. The molecule has 0 spiro atoms. The van der Waals surface area contributed by atoms with Crippen LogP contribution in [-0.2, 0) is 19.4 Å². The number of hydrogen-bond donors (Lipinski definition) is 1. The first-order valence-electron chi connectivity index (χ1n) is 7.55. The third-order valence-corrected chi connectivity index (χ3v) is 5.22. The molecule has 1 N–H and O–H groups in total. The lowest BCUT2D eigenvalue weighted by molar-refractivity contribution is 0.718. The molecule has 1 aliphatic rings. The molecular weight excluding hydrogens is 298 g/mol. The van der Waals surface area contributed by atoms with Gasteiger partial charge in [-0.1, -0.05) is 42.4 Å². The summed E-state index contributed by atoms with van der Waals surface area (Å²) in [6, 6.07) is 13.1. The van der Waals surface area contributed by atoms with Gasteiger partial charge in [-0.2, -0.15) is 0 Å². The summed E-state index contributed by atoms with van der Waals surface area (Å²) in [5.41, 5.74) is 4.36. The highest BCUT2D eigenvalue weighted by Gasteiger charge is 2.12. The molecule has 0 saturated heterocycles. The van der Waals surface area contributed by atoms with Gasteiger partial charge in [-0.25, -0.2) is 0 Å². The average Bonchev–Trinajstić information content (AvgIpc) is 2.94. The second kappa shape index (κ2) is 6.87. The minimum absolute atomic E-state index is 0.805. The Morgan fingerprint density at radius 3 is 2.81 bits per heavy atom. The van der Waals surface area contributed by atoms with Crippen LogP contribution in [0.15, 0.2) is 46.2 Å². The van der Waals surface area contributed by atoms with E-state index in [2.05, 4.69) is 42.6 Å². The molecule has 1 nitrogen and oxygen atoms in total. The van der Waals surface area contributed by atoms with Crippen LogP contribution in [0.4, 0.5) is 0 Å². The maximum atomic E-state index is 6.18. The highest BCUT2D eigenvalue weighted by atomic mass is 35.5. The Balaban J connectivity index is 1.84. The largest absolute Gasteiger partial charge is 0.313 e. The number of hydrogen-bond acceptors (Lipinski definition) is 2. The minimum atomic E-state index is 0.805. The quantitative estimate of drug-likeness (QED) is 0.824. The molecule has 0 radical (unpaired) electrons. The Labute approximate surface area is 136 Å². The van der Waals surface area contributed by atoms with Gasteiger partial charge in [0, 0.05) is 21.4 Å². The van der Waals surface area contributed by atoms with Crippen molar-refractivity contribution in [3.8, 4) is 0 Å². The van der Waals surface area contributed by atoms with E-state index >= 15 is 0 Å². The second-order valence-corrected chi connectivity index (χ2v) is 6.97. The van der Waals surface area contributed by atoms with Crippen LogP contribution < -0.4 is 5.32 Å². The van der Waals surface area contributed by atoms with Gasteiger partial charge in [-0.15, -0.1) is 0 Å². The molecule has 0 heterocycles. The van der Waals surface area contributed by atoms with E-state index in [1.54, 1.807) is 0 Å². The van der Waals surface area contributed by atoms with Gasteiger partial charge in [-0.05, 0) is 66.8 Å². The van der Waals surface area contributed by atoms with Crippen molar-refractivity contribution < 1.29 is 0 Å². The van der Waals surface area contributed by atoms with E-state index in [-0.39, 0.29) is 0 Å². The Kier molecular flexibility index (Phi) is 4.89. The summed E-state index contributed by atoms with van der Waals surface area (Å²) in [6.07, 6.45) is 3.76. The van der Waals surface area contributed by atoms with E-state index in [9.17, 15) is 0 Å². The molecule has 0 unspecified atom stereocenters. The van der Waals surface area contributed by atoms with Crippen molar-refractivity contribution in [2.75, 3.05) is 6.54 Å². The smallest absolute Gasteiger partial charge is 0.0417 e. The van der Waals surface area contributed by atoms with Gasteiger partial charge in [0.05, 0.1) is 0 Å². The molecule has 110 valence electrons. The van der Waals surface area contributed by atoms with Gasteiger partial charge in [-0.3, -0.25) is 0 Å². The third-order valence-electron chi connectivity index (χ3n) is 3.89. The van der Waals surface area contributed by atoms with E-state index < -0.39 is 0 Å². The summed E-state index contributed by atoms with van der Waals surface area (Å²) in [7, 11) is 0. The van der Waals surface area contributed by atoms with E-state index in [0.29, 0.717) is 0 Å². The molecule has 1 aliphatic carbocycles. The number of nitrogens with one attached hydrogen (secondary N) is 1. The Morgan fingerprint density at radius 2 is 1.95 bits per heavy atom. The first kappa shape index (κ1) is 15.0. The Morgan fingerprint density at radius 1 is 1.10 bits per heavy atom. The van der Waals surface area contributed by atoms with Gasteiger partial charge in [0.15, 0.2) is 0 Å². The summed E-state index contributed by atoms with van der Waals surface area (Å²) >= 11 is 8.00. The molecule has 0 aromatic heterocycles. The molecule has 21 heavy (non-hydrogen) atoms. The van der Waals surface area contributed by atoms with Gasteiger partial charge in [0.25, 0.3) is 0 Å². The number of benzene rings is 2. The predicted octanol–water partition coefficient (Wildman–Crippen LogP) is 5.09. The van der Waals surface area contributed by atoms with E-state index in [1.165, 1.54) is 45.7 Å². The van der Waals surface area contributed by atoms with Crippen LogP contribution in [0.1, 0.15) is 30.0 Å².